The molecule has 0 bridgehead atoms. The summed E-state index contributed by atoms with van der Waals surface area (Å²) >= 11 is 0. The van der Waals surface area contributed by atoms with E-state index < -0.39 is 0 Å². The van der Waals surface area contributed by atoms with Crippen molar-refractivity contribution in [3.8, 4) is 0 Å². The molecule has 2 heterocycles. The molecule has 0 aromatic carbocycles. The third-order valence-corrected chi connectivity index (χ3v) is 2.59. The van der Waals surface area contributed by atoms with Crippen molar-refractivity contribution in [2.45, 2.75) is 13.1 Å². The van der Waals surface area contributed by atoms with Crippen molar-refractivity contribution in [1.29, 1.82) is 0 Å². The Balaban J connectivity index is 2.17. The molecule has 0 spiro atoms. The quantitative estimate of drug-likeness (QED) is 0.863. The number of hydrogen-bond acceptors (Lipinski definition) is 4. The first kappa shape index (κ1) is 11.5. The minimum absolute atomic E-state index is 0.501. The van der Waals surface area contributed by atoms with Gasteiger partial charge in [0.25, 0.3) is 0 Å². The van der Waals surface area contributed by atoms with Gasteiger partial charge >= 0.3 is 0 Å². The molecule has 2 aromatic heterocycles. The summed E-state index contributed by atoms with van der Waals surface area (Å²) in [5.74, 6) is 0.929. The van der Waals surface area contributed by atoms with Gasteiger partial charge in [-0.2, -0.15) is 0 Å². The zero-order valence-electron chi connectivity index (χ0n) is 9.87. The molecule has 2 N–H and O–H groups in total. The molecular formula is C13H16N4. The fourth-order valence-corrected chi connectivity index (χ4v) is 1.77. The minimum Gasteiger partial charge on any atom is -0.355 e. The van der Waals surface area contributed by atoms with E-state index in [9.17, 15) is 0 Å². The van der Waals surface area contributed by atoms with E-state index in [0.29, 0.717) is 6.54 Å². The first-order valence-electron chi connectivity index (χ1n) is 5.55. The van der Waals surface area contributed by atoms with Crippen molar-refractivity contribution in [3.05, 3.63) is 54.0 Å². The lowest BCUT2D eigenvalue weighted by atomic mass is 10.2. The van der Waals surface area contributed by atoms with Crippen LogP contribution < -0.4 is 10.6 Å². The Morgan fingerprint density at radius 1 is 1.24 bits per heavy atom. The Hall–Kier alpha value is -1.94. The highest BCUT2D eigenvalue weighted by Crippen LogP contribution is 2.16. The second-order valence-corrected chi connectivity index (χ2v) is 3.91. The van der Waals surface area contributed by atoms with Gasteiger partial charge in [0.1, 0.15) is 5.82 Å². The summed E-state index contributed by atoms with van der Waals surface area (Å²) in [4.78, 5) is 10.6. The molecule has 0 atom stereocenters. The summed E-state index contributed by atoms with van der Waals surface area (Å²) in [6, 6.07) is 7.89. The number of hydrogen-bond donors (Lipinski definition) is 1. The van der Waals surface area contributed by atoms with E-state index in [-0.39, 0.29) is 0 Å². The molecule has 17 heavy (non-hydrogen) atoms. The molecule has 2 rings (SSSR count). The molecule has 2 aromatic rings. The van der Waals surface area contributed by atoms with Crippen molar-refractivity contribution in [3.63, 3.8) is 0 Å². The lowest BCUT2D eigenvalue weighted by Gasteiger charge is -2.20. The maximum Gasteiger partial charge on any atom is 0.133 e. The van der Waals surface area contributed by atoms with Gasteiger partial charge in [-0.25, -0.2) is 4.98 Å². The minimum atomic E-state index is 0.501. The number of rotatable bonds is 4. The maximum absolute atomic E-state index is 5.70. The molecule has 0 fully saturated rings. The summed E-state index contributed by atoms with van der Waals surface area (Å²) in [6.45, 7) is 1.28. The van der Waals surface area contributed by atoms with Crippen LogP contribution in [0.1, 0.15) is 11.1 Å². The molecule has 0 radical (unpaired) electrons. The molecule has 4 nitrogen and oxygen atoms in total. The average molecular weight is 228 g/mol. The lowest BCUT2D eigenvalue weighted by molar-refractivity contribution is 0.871. The van der Waals surface area contributed by atoms with Crippen LogP contribution in [0.25, 0.3) is 0 Å². The van der Waals surface area contributed by atoms with E-state index in [1.807, 2.05) is 31.4 Å². The molecule has 0 aliphatic carbocycles. The molecule has 0 aliphatic heterocycles. The smallest absolute Gasteiger partial charge is 0.133 e. The molecule has 0 saturated heterocycles. The van der Waals surface area contributed by atoms with Gasteiger partial charge in [0, 0.05) is 44.3 Å². The Bertz CT molecular complexity index is 470. The van der Waals surface area contributed by atoms with Crippen LogP contribution in [-0.4, -0.2) is 17.0 Å². The Kier molecular flexibility index (Phi) is 3.67. The third kappa shape index (κ3) is 2.79. The van der Waals surface area contributed by atoms with Crippen molar-refractivity contribution in [2.24, 2.45) is 5.73 Å². The normalized spacial score (nSPS) is 10.2. The average Bonchev–Trinajstić information content (AvgIpc) is 2.40. The third-order valence-electron chi connectivity index (χ3n) is 2.59. The monoisotopic (exact) mass is 228 g/mol. The van der Waals surface area contributed by atoms with Crippen LogP contribution in [0, 0.1) is 0 Å². The van der Waals surface area contributed by atoms with Crippen LogP contribution in [0.4, 0.5) is 5.82 Å². The van der Waals surface area contributed by atoms with Crippen LogP contribution in [0.5, 0.6) is 0 Å². The first-order valence-corrected chi connectivity index (χ1v) is 5.55. The fraction of sp³-hybridized carbons (Fsp3) is 0.231. The highest BCUT2D eigenvalue weighted by atomic mass is 15.2. The second kappa shape index (κ2) is 5.41. The van der Waals surface area contributed by atoms with E-state index in [1.165, 1.54) is 0 Å². The maximum atomic E-state index is 5.70. The fourth-order valence-electron chi connectivity index (χ4n) is 1.77. The molecule has 0 aliphatic rings. The van der Waals surface area contributed by atoms with E-state index in [0.717, 1.165) is 23.5 Å². The van der Waals surface area contributed by atoms with Gasteiger partial charge in [-0.1, -0.05) is 12.1 Å². The summed E-state index contributed by atoms with van der Waals surface area (Å²) in [5, 5.41) is 0. The van der Waals surface area contributed by atoms with Gasteiger partial charge in [-0.15, -0.1) is 0 Å². The van der Waals surface area contributed by atoms with Gasteiger partial charge in [0.2, 0.25) is 0 Å². The van der Waals surface area contributed by atoms with Crippen LogP contribution in [0.15, 0.2) is 42.9 Å². The number of anilines is 1. The zero-order valence-corrected chi connectivity index (χ0v) is 9.87. The van der Waals surface area contributed by atoms with Gasteiger partial charge in [-0.05, 0) is 17.7 Å². The van der Waals surface area contributed by atoms with E-state index in [4.69, 9.17) is 5.73 Å². The Morgan fingerprint density at radius 2 is 2.06 bits per heavy atom. The highest BCUT2D eigenvalue weighted by Gasteiger charge is 2.07. The van der Waals surface area contributed by atoms with Crippen molar-refractivity contribution in [1.82, 2.24) is 9.97 Å². The van der Waals surface area contributed by atoms with Gasteiger partial charge in [0.15, 0.2) is 0 Å². The van der Waals surface area contributed by atoms with Gasteiger partial charge in [-0.3, -0.25) is 4.98 Å². The molecule has 4 heteroatoms. The Labute approximate surface area is 101 Å². The molecule has 0 amide bonds. The summed E-state index contributed by atoms with van der Waals surface area (Å²) in [6.07, 6.45) is 5.42. The number of pyridine rings is 2. The summed E-state index contributed by atoms with van der Waals surface area (Å²) in [5.41, 5.74) is 7.91. The number of nitrogens with two attached hydrogens (primary N) is 1. The molecule has 0 saturated carbocycles. The Morgan fingerprint density at radius 3 is 2.76 bits per heavy atom. The van der Waals surface area contributed by atoms with Crippen LogP contribution in [0.2, 0.25) is 0 Å². The molecule has 88 valence electrons. The van der Waals surface area contributed by atoms with E-state index >= 15 is 0 Å². The zero-order chi connectivity index (χ0) is 12.1. The van der Waals surface area contributed by atoms with E-state index in [2.05, 4.69) is 20.9 Å². The standard InChI is InChI=1S/C13H16N4/c1-17(10-11-4-2-6-15-9-11)13-12(8-14)5-3-7-16-13/h2-7,9H,8,10,14H2,1H3. The van der Waals surface area contributed by atoms with Crippen molar-refractivity contribution in [2.75, 3.05) is 11.9 Å². The van der Waals surface area contributed by atoms with Crippen molar-refractivity contribution < 1.29 is 0 Å². The number of aromatic nitrogens is 2. The first-order chi connectivity index (χ1) is 8.31. The summed E-state index contributed by atoms with van der Waals surface area (Å²) in [7, 11) is 2.01. The van der Waals surface area contributed by atoms with Gasteiger partial charge in [0.05, 0.1) is 0 Å². The topological polar surface area (TPSA) is 55.0 Å². The largest absolute Gasteiger partial charge is 0.355 e. The van der Waals surface area contributed by atoms with Crippen LogP contribution in [-0.2, 0) is 13.1 Å². The predicted molar refractivity (Wildman–Crippen MR) is 68.5 cm³/mol. The second-order valence-electron chi connectivity index (χ2n) is 3.91. The van der Waals surface area contributed by atoms with Crippen LogP contribution in [0.3, 0.4) is 0 Å². The van der Waals surface area contributed by atoms with Crippen LogP contribution >= 0.6 is 0 Å². The van der Waals surface area contributed by atoms with Crippen molar-refractivity contribution >= 4 is 5.82 Å². The molecule has 0 unspecified atom stereocenters. The highest BCUT2D eigenvalue weighted by molar-refractivity contribution is 5.46. The van der Waals surface area contributed by atoms with Gasteiger partial charge < -0.3 is 10.6 Å². The number of nitrogens with zero attached hydrogens (tertiary/aromatic N) is 3. The lowest BCUT2D eigenvalue weighted by Crippen LogP contribution is -2.20. The SMILES string of the molecule is CN(Cc1cccnc1)c1ncccc1CN. The summed E-state index contributed by atoms with van der Waals surface area (Å²) < 4.78 is 0. The molecular weight excluding hydrogens is 212 g/mol. The predicted octanol–water partition coefficient (Wildman–Crippen LogP) is 1.57. The van der Waals surface area contributed by atoms with E-state index in [1.54, 1.807) is 12.4 Å².